The Kier molecular flexibility index (Phi) is 3.62. The van der Waals surface area contributed by atoms with E-state index in [1.165, 1.54) is 25.7 Å². The zero-order valence-electron chi connectivity index (χ0n) is 9.50. The van der Waals surface area contributed by atoms with Crippen LogP contribution in [-0.4, -0.2) is 25.2 Å². The molecule has 0 radical (unpaired) electrons. The summed E-state index contributed by atoms with van der Waals surface area (Å²) in [6.07, 6.45) is 6.05. The lowest BCUT2D eigenvalue weighted by Crippen LogP contribution is -2.34. The fourth-order valence-electron chi connectivity index (χ4n) is 2.20. The van der Waals surface area contributed by atoms with Crippen LogP contribution in [0.15, 0.2) is 0 Å². The van der Waals surface area contributed by atoms with Gasteiger partial charge in [0.15, 0.2) is 0 Å². The van der Waals surface area contributed by atoms with Crippen molar-refractivity contribution in [3.8, 4) is 0 Å². The maximum Gasteiger partial charge on any atom is 0.307 e. The molecule has 0 unspecified atom stereocenters. The van der Waals surface area contributed by atoms with Gasteiger partial charge in [-0.3, -0.25) is 4.79 Å². The lowest BCUT2D eigenvalue weighted by molar-refractivity contribution is -0.143. The molecule has 1 N–H and O–H groups in total. The second-order valence-corrected chi connectivity index (χ2v) is 4.71. The van der Waals surface area contributed by atoms with Gasteiger partial charge in [0.2, 0.25) is 0 Å². The maximum absolute atomic E-state index is 11.1. The number of hydrogen-bond donors (Lipinski definition) is 1. The smallest absolute Gasteiger partial charge is 0.307 e. The van der Waals surface area contributed by atoms with Gasteiger partial charge < -0.3 is 10.1 Å². The topological polar surface area (TPSA) is 38.3 Å². The first-order valence-corrected chi connectivity index (χ1v) is 6.20. The molecule has 3 nitrogen and oxygen atoms in total. The monoisotopic (exact) mass is 211 g/mol. The summed E-state index contributed by atoms with van der Waals surface area (Å²) in [7, 11) is 0. The molecule has 2 rings (SSSR count). The molecule has 0 aromatic carbocycles. The molecular weight excluding hydrogens is 190 g/mol. The minimum absolute atomic E-state index is 0.0738. The highest BCUT2D eigenvalue weighted by atomic mass is 16.5. The lowest BCUT2D eigenvalue weighted by atomic mass is 10.1. The van der Waals surface area contributed by atoms with Crippen molar-refractivity contribution in [1.29, 1.82) is 0 Å². The molecule has 0 spiro atoms. The minimum atomic E-state index is -0.0738. The standard InChI is InChI=1S/C12H21NO2/c1-2-15-11(14)7-8-13-12(9-3-4-9)10-5-6-10/h9-10,12-13H,2-8H2,1H3. The summed E-state index contributed by atoms with van der Waals surface area (Å²) >= 11 is 0. The molecule has 0 amide bonds. The van der Waals surface area contributed by atoms with Crippen LogP contribution in [0.4, 0.5) is 0 Å². The Bertz CT molecular complexity index is 210. The average molecular weight is 211 g/mol. The predicted octanol–water partition coefficient (Wildman–Crippen LogP) is 1.72. The number of nitrogens with one attached hydrogen (secondary N) is 1. The molecule has 0 saturated heterocycles. The number of rotatable bonds is 7. The van der Waals surface area contributed by atoms with Crippen molar-refractivity contribution in [1.82, 2.24) is 5.32 Å². The molecule has 2 fully saturated rings. The summed E-state index contributed by atoms with van der Waals surface area (Å²) in [4.78, 5) is 11.1. The summed E-state index contributed by atoms with van der Waals surface area (Å²) in [5, 5.41) is 3.53. The Morgan fingerprint density at radius 3 is 2.40 bits per heavy atom. The molecule has 86 valence electrons. The van der Waals surface area contributed by atoms with Crippen LogP contribution in [0.25, 0.3) is 0 Å². The summed E-state index contributed by atoms with van der Waals surface area (Å²) < 4.78 is 4.90. The molecule has 15 heavy (non-hydrogen) atoms. The number of carbonyl (C=O) groups is 1. The van der Waals surface area contributed by atoms with Gasteiger partial charge in [0.1, 0.15) is 0 Å². The third-order valence-corrected chi connectivity index (χ3v) is 3.27. The van der Waals surface area contributed by atoms with Gasteiger partial charge in [-0.05, 0) is 44.4 Å². The third-order valence-electron chi connectivity index (χ3n) is 3.27. The molecule has 2 aliphatic rings. The summed E-state index contributed by atoms with van der Waals surface area (Å²) in [6, 6.07) is 0.694. The number of hydrogen-bond acceptors (Lipinski definition) is 3. The van der Waals surface area contributed by atoms with Crippen molar-refractivity contribution in [2.24, 2.45) is 11.8 Å². The largest absolute Gasteiger partial charge is 0.466 e. The SMILES string of the molecule is CCOC(=O)CCNC(C1CC1)C1CC1. The van der Waals surface area contributed by atoms with Crippen molar-refractivity contribution in [2.75, 3.05) is 13.2 Å². The summed E-state index contributed by atoms with van der Waals surface area (Å²) in [6.45, 7) is 3.13. The molecule has 0 heterocycles. The van der Waals surface area contributed by atoms with Crippen molar-refractivity contribution in [3.63, 3.8) is 0 Å². The summed E-state index contributed by atoms with van der Waals surface area (Å²) in [5.41, 5.74) is 0. The van der Waals surface area contributed by atoms with Crippen molar-refractivity contribution in [3.05, 3.63) is 0 Å². The molecule has 3 heteroatoms. The Labute approximate surface area is 91.6 Å². The van der Waals surface area contributed by atoms with E-state index in [-0.39, 0.29) is 5.97 Å². The molecule has 2 saturated carbocycles. The summed E-state index contributed by atoms with van der Waals surface area (Å²) in [5.74, 6) is 1.73. The molecular formula is C12H21NO2. The van der Waals surface area contributed by atoms with E-state index >= 15 is 0 Å². The second-order valence-electron chi connectivity index (χ2n) is 4.71. The van der Waals surface area contributed by atoms with Crippen LogP contribution in [0.5, 0.6) is 0 Å². The van der Waals surface area contributed by atoms with Gasteiger partial charge in [0.25, 0.3) is 0 Å². The minimum Gasteiger partial charge on any atom is -0.466 e. The van der Waals surface area contributed by atoms with Gasteiger partial charge in [0.05, 0.1) is 13.0 Å². The highest BCUT2D eigenvalue weighted by molar-refractivity contribution is 5.69. The molecule has 0 aromatic heterocycles. The fraction of sp³-hybridized carbons (Fsp3) is 0.917. The Morgan fingerprint density at radius 1 is 1.33 bits per heavy atom. The van der Waals surface area contributed by atoms with Crippen LogP contribution in [0.3, 0.4) is 0 Å². The maximum atomic E-state index is 11.1. The van der Waals surface area contributed by atoms with Gasteiger partial charge in [-0.15, -0.1) is 0 Å². The number of carbonyl (C=O) groups excluding carboxylic acids is 1. The highest BCUT2D eigenvalue weighted by Gasteiger charge is 2.40. The lowest BCUT2D eigenvalue weighted by Gasteiger charge is -2.17. The van der Waals surface area contributed by atoms with Crippen LogP contribution in [0.1, 0.15) is 39.0 Å². The van der Waals surface area contributed by atoms with Crippen molar-refractivity contribution in [2.45, 2.75) is 45.1 Å². The predicted molar refractivity (Wildman–Crippen MR) is 58.5 cm³/mol. The van der Waals surface area contributed by atoms with Gasteiger partial charge in [-0.1, -0.05) is 0 Å². The number of ether oxygens (including phenoxy) is 1. The van der Waals surface area contributed by atoms with Gasteiger partial charge >= 0.3 is 5.97 Å². The van der Waals surface area contributed by atoms with E-state index in [9.17, 15) is 4.79 Å². The number of esters is 1. The van der Waals surface area contributed by atoms with Gasteiger partial charge in [-0.25, -0.2) is 0 Å². The zero-order chi connectivity index (χ0) is 10.7. The quantitative estimate of drug-likeness (QED) is 0.652. The van der Waals surface area contributed by atoms with E-state index in [1.54, 1.807) is 0 Å². The highest BCUT2D eigenvalue weighted by Crippen LogP contribution is 2.44. The molecule has 0 aliphatic heterocycles. The van der Waals surface area contributed by atoms with Gasteiger partial charge in [0, 0.05) is 12.6 Å². The van der Waals surface area contributed by atoms with Crippen LogP contribution in [0.2, 0.25) is 0 Å². The normalized spacial score (nSPS) is 20.7. The second kappa shape index (κ2) is 4.97. The third kappa shape index (κ3) is 3.49. The van der Waals surface area contributed by atoms with E-state index < -0.39 is 0 Å². The van der Waals surface area contributed by atoms with E-state index in [0.29, 0.717) is 19.1 Å². The van der Waals surface area contributed by atoms with Crippen LogP contribution in [-0.2, 0) is 9.53 Å². The van der Waals surface area contributed by atoms with Gasteiger partial charge in [-0.2, -0.15) is 0 Å². The average Bonchev–Trinajstić information content (AvgIpc) is 3.03. The van der Waals surface area contributed by atoms with E-state index in [0.717, 1.165) is 18.4 Å². The fourth-order valence-corrected chi connectivity index (χ4v) is 2.20. The zero-order valence-corrected chi connectivity index (χ0v) is 9.50. The first-order chi connectivity index (χ1) is 7.31. The van der Waals surface area contributed by atoms with Crippen LogP contribution in [0, 0.1) is 11.8 Å². The molecule has 0 aromatic rings. The molecule has 0 bridgehead atoms. The Morgan fingerprint density at radius 2 is 1.93 bits per heavy atom. The van der Waals surface area contributed by atoms with E-state index in [2.05, 4.69) is 5.32 Å². The molecule has 0 atom stereocenters. The van der Waals surface area contributed by atoms with E-state index in [1.807, 2.05) is 6.92 Å². The first kappa shape index (κ1) is 10.9. The van der Waals surface area contributed by atoms with Crippen molar-refractivity contribution < 1.29 is 9.53 Å². The van der Waals surface area contributed by atoms with Crippen molar-refractivity contribution >= 4 is 5.97 Å². The van der Waals surface area contributed by atoms with E-state index in [4.69, 9.17) is 4.74 Å². The first-order valence-electron chi connectivity index (χ1n) is 6.20. The van der Waals surface area contributed by atoms with Crippen LogP contribution >= 0.6 is 0 Å². The van der Waals surface area contributed by atoms with Crippen LogP contribution < -0.4 is 5.32 Å². The Hall–Kier alpha value is -0.570. The molecule has 2 aliphatic carbocycles. The Balaban J connectivity index is 1.60.